The molecule has 1 aliphatic rings. The first-order valence-electron chi connectivity index (χ1n) is 8.66. The van der Waals surface area contributed by atoms with Gasteiger partial charge in [0.1, 0.15) is 5.75 Å². The first-order chi connectivity index (χ1) is 12.2. The van der Waals surface area contributed by atoms with Gasteiger partial charge in [0.25, 0.3) is 5.91 Å². The summed E-state index contributed by atoms with van der Waals surface area (Å²) in [5.41, 5.74) is 8.35. The van der Waals surface area contributed by atoms with Crippen LogP contribution in [0.4, 0.5) is 5.69 Å². The van der Waals surface area contributed by atoms with Gasteiger partial charge in [0.15, 0.2) is 0 Å². The number of benzene rings is 2. The molecular formula is C20H25N3O2. The van der Waals surface area contributed by atoms with E-state index in [9.17, 15) is 4.79 Å². The van der Waals surface area contributed by atoms with E-state index >= 15 is 0 Å². The van der Waals surface area contributed by atoms with Gasteiger partial charge >= 0.3 is 0 Å². The van der Waals surface area contributed by atoms with Crippen molar-refractivity contribution < 1.29 is 9.53 Å². The Labute approximate surface area is 149 Å². The van der Waals surface area contributed by atoms with Crippen molar-refractivity contribution in [3.8, 4) is 5.75 Å². The van der Waals surface area contributed by atoms with E-state index in [4.69, 9.17) is 10.5 Å². The number of hydrogen-bond acceptors (Lipinski definition) is 4. The van der Waals surface area contributed by atoms with E-state index in [-0.39, 0.29) is 5.91 Å². The van der Waals surface area contributed by atoms with Crippen molar-refractivity contribution in [2.45, 2.75) is 13.0 Å². The maximum atomic E-state index is 12.7. The highest BCUT2D eigenvalue weighted by molar-refractivity contribution is 5.94. The molecule has 2 aromatic rings. The summed E-state index contributed by atoms with van der Waals surface area (Å²) in [6.45, 7) is 4.32. The van der Waals surface area contributed by atoms with Crippen LogP contribution < -0.4 is 10.5 Å². The number of rotatable bonds is 4. The van der Waals surface area contributed by atoms with Crippen LogP contribution in [0.5, 0.6) is 5.75 Å². The topological polar surface area (TPSA) is 58.8 Å². The molecule has 1 aliphatic heterocycles. The fraction of sp³-hybridized carbons (Fsp3) is 0.350. The molecule has 1 fully saturated rings. The van der Waals surface area contributed by atoms with Gasteiger partial charge in [-0.05, 0) is 48.4 Å². The number of hydrogen-bond donors (Lipinski definition) is 1. The molecule has 5 heteroatoms. The number of ether oxygens (including phenoxy) is 1. The molecule has 1 amide bonds. The average molecular weight is 339 g/mol. The van der Waals surface area contributed by atoms with E-state index in [1.807, 2.05) is 17.0 Å². The van der Waals surface area contributed by atoms with Crippen molar-refractivity contribution in [3.05, 3.63) is 59.7 Å². The first-order valence-corrected chi connectivity index (χ1v) is 8.66. The predicted octanol–water partition coefficient (Wildman–Crippen LogP) is 2.63. The molecule has 25 heavy (non-hydrogen) atoms. The van der Waals surface area contributed by atoms with Crippen molar-refractivity contribution in [1.82, 2.24) is 9.80 Å². The number of nitrogens with two attached hydrogens (primary N) is 1. The normalized spacial score (nSPS) is 15.6. The third kappa shape index (κ3) is 4.51. The van der Waals surface area contributed by atoms with E-state index in [2.05, 4.69) is 17.0 Å². The standard InChI is InChI=1S/C20H25N3O2/c1-25-19-9-3-16(4-10-19)15-22-11-2-12-23(14-13-22)20(24)17-5-7-18(21)8-6-17/h3-10H,2,11-15,21H2,1H3. The summed E-state index contributed by atoms with van der Waals surface area (Å²) >= 11 is 0. The second-order valence-electron chi connectivity index (χ2n) is 6.39. The van der Waals surface area contributed by atoms with Crippen LogP contribution in [-0.2, 0) is 6.54 Å². The molecule has 1 saturated heterocycles. The number of methoxy groups -OCH3 is 1. The zero-order chi connectivity index (χ0) is 17.6. The molecular weight excluding hydrogens is 314 g/mol. The molecule has 2 aromatic carbocycles. The van der Waals surface area contributed by atoms with E-state index in [1.54, 1.807) is 31.4 Å². The minimum Gasteiger partial charge on any atom is -0.497 e. The monoisotopic (exact) mass is 339 g/mol. The molecule has 0 atom stereocenters. The predicted molar refractivity (Wildman–Crippen MR) is 99.6 cm³/mol. The summed E-state index contributed by atoms with van der Waals surface area (Å²) in [6.07, 6.45) is 0.983. The quantitative estimate of drug-likeness (QED) is 0.870. The van der Waals surface area contributed by atoms with Crippen LogP contribution in [0.25, 0.3) is 0 Å². The summed E-state index contributed by atoms with van der Waals surface area (Å²) in [4.78, 5) is 17.0. The van der Waals surface area contributed by atoms with Gasteiger partial charge in [0.05, 0.1) is 7.11 Å². The maximum Gasteiger partial charge on any atom is 0.253 e. The Morgan fingerprint density at radius 3 is 2.40 bits per heavy atom. The number of nitrogen functional groups attached to an aromatic ring is 1. The van der Waals surface area contributed by atoms with Crippen molar-refractivity contribution in [1.29, 1.82) is 0 Å². The highest BCUT2D eigenvalue weighted by Crippen LogP contribution is 2.15. The third-order valence-corrected chi connectivity index (χ3v) is 4.60. The van der Waals surface area contributed by atoms with E-state index in [0.717, 1.165) is 44.9 Å². The van der Waals surface area contributed by atoms with Crippen LogP contribution in [0.3, 0.4) is 0 Å². The molecule has 0 unspecified atom stereocenters. The number of nitrogens with zero attached hydrogens (tertiary/aromatic N) is 2. The van der Waals surface area contributed by atoms with E-state index in [1.165, 1.54) is 5.56 Å². The minimum atomic E-state index is 0.0892. The molecule has 2 N–H and O–H groups in total. The summed E-state index contributed by atoms with van der Waals surface area (Å²) in [6, 6.07) is 15.3. The van der Waals surface area contributed by atoms with Crippen molar-refractivity contribution >= 4 is 11.6 Å². The number of amides is 1. The summed E-state index contributed by atoms with van der Waals surface area (Å²) in [7, 11) is 1.68. The molecule has 0 bridgehead atoms. The molecule has 0 spiro atoms. The second kappa shape index (κ2) is 8.03. The molecule has 5 nitrogen and oxygen atoms in total. The first kappa shape index (κ1) is 17.3. The van der Waals surface area contributed by atoms with Gasteiger partial charge in [-0.1, -0.05) is 12.1 Å². The average Bonchev–Trinajstić information content (AvgIpc) is 2.88. The largest absolute Gasteiger partial charge is 0.497 e. The highest BCUT2D eigenvalue weighted by atomic mass is 16.5. The molecule has 0 saturated carbocycles. The third-order valence-electron chi connectivity index (χ3n) is 4.60. The zero-order valence-corrected chi connectivity index (χ0v) is 14.6. The number of anilines is 1. The lowest BCUT2D eigenvalue weighted by Gasteiger charge is -2.22. The summed E-state index contributed by atoms with van der Waals surface area (Å²) in [5, 5.41) is 0. The molecule has 1 heterocycles. The fourth-order valence-corrected chi connectivity index (χ4v) is 3.13. The van der Waals surface area contributed by atoms with Crippen LogP contribution in [-0.4, -0.2) is 49.0 Å². The maximum absolute atomic E-state index is 12.7. The molecule has 132 valence electrons. The van der Waals surface area contributed by atoms with Gasteiger partial charge < -0.3 is 15.4 Å². The SMILES string of the molecule is COc1ccc(CN2CCCN(C(=O)c3ccc(N)cc3)CC2)cc1. The Morgan fingerprint density at radius 1 is 1.00 bits per heavy atom. The van der Waals surface area contributed by atoms with Gasteiger partial charge in [0.2, 0.25) is 0 Å². The Morgan fingerprint density at radius 2 is 1.72 bits per heavy atom. The molecule has 0 aromatic heterocycles. The van der Waals surface area contributed by atoms with Crippen LogP contribution in [0, 0.1) is 0 Å². The Hall–Kier alpha value is -2.53. The lowest BCUT2D eigenvalue weighted by molar-refractivity contribution is 0.0761. The van der Waals surface area contributed by atoms with Crippen molar-refractivity contribution in [3.63, 3.8) is 0 Å². The van der Waals surface area contributed by atoms with Gasteiger partial charge in [-0.3, -0.25) is 9.69 Å². The zero-order valence-electron chi connectivity index (χ0n) is 14.6. The van der Waals surface area contributed by atoms with Crippen molar-refractivity contribution in [2.75, 3.05) is 39.0 Å². The smallest absolute Gasteiger partial charge is 0.253 e. The van der Waals surface area contributed by atoms with Crippen LogP contribution >= 0.6 is 0 Å². The lowest BCUT2D eigenvalue weighted by atomic mass is 10.2. The van der Waals surface area contributed by atoms with Crippen LogP contribution in [0.15, 0.2) is 48.5 Å². The molecule has 0 radical (unpaired) electrons. The minimum absolute atomic E-state index is 0.0892. The number of carbonyl (C=O) groups excluding carboxylic acids is 1. The number of carbonyl (C=O) groups is 1. The Kier molecular flexibility index (Phi) is 5.56. The van der Waals surface area contributed by atoms with Crippen molar-refractivity contribution in [2.24, 2.45) is 0 Å². The van der Waals surface area contributed by atoms with Crippen LogP contribution in [0.2, 0.25) is 0 Å². The van der Waals surface area contributed by atoms with Gasteiger partial charge in [-0.2, -0.15) is 0 Å². The van der Waals surface area contributed by atoms with Crippen LogP contribution in [0.1, 0.15) is 22.3 Å². The van der Waals surface area contributed by atoms with E-state index in [0.29, 0.717) is 11.3 Å². The van der Waals surface area contributed by atoms with Gasteiger partial charge in [0, 0.05) is 44.0 Å². The summed E-state index contributed by atoms with van der Waals surface area (Å²) in [5.74, 6) is 0.964. The second-order valence-corrected chi connectivity index (χ2v) is 6.39. The van der Waals surface area contributed by atoms with Gasteiger partial charge in [-0.15, -0.1) is 0 Å². The fourth-order valence-electron chi connectivity index (χ4n) is 3.13. The highest BCUT2D eigenvalue weighted by Gasteiger charge is 2.20. The summed E-state index contributed by atoms with van der Waals surface area (Å²) < 4.78 is 5.20. The lowest BCUT2D eigenvalue weighted by Crippen LogP contribution is -2.35. The Balaban J connectivity index is 1.57. The Bertz CT molecular complexity index is 698. The van der Waals surface area contributed by atoms with E-state index < -0.39 is 0 Å². The van der Waals surface area contributed by atoms with Gasteiger partial charge in [-0.25, -0.2) is 0 Å². The molecule has 3 rings (SSSR count). The molecule has 0 aliphatic carbocycles.